The summed E-state index contributed by atoms with van der Waals surface area (Å²) in [4.78, 5) is 28.0. The molecule has 5 rings (SSSR count). The first kappa shape index (κ1) is 23.6. The Balaban J connectivity index is 1.48. The number of halogens is 2. The minimum atomic E-state index is -0.797. The normalized spacial score (nSPS) is 15.5. The van der Waals surface area contributed by atoms with Crippen LogP contribution in [0.1, 0.15) is 23.1 Å². The maximum Gasteiger partial charge on any atom is 0.253 e. The van der Waals surface area contributed by atoms with E-state index < -0.39 is 6.04 Å². The zero-order valence-electron chi connectivity index (χ0n) is 18.9. The molecule has 7 heteroatoms. The summed E-state index contributed by atoms with van der Waals surface area (Å²) < 4.78 is 1.17. The molecule has 0 aliphatic carbocycles. The van der Waals surface area contributed by atoms with Gasteiger partial charge in [-0.3, -0.25) is 9.59 Å². The Morgan fingerprint density at radius 2 is 1.80 bits per heavy atom. The number of para-hydroxylation sites is 1. The molecule has 1 N–H and O–H groups in total. The van der Waals surface area contributed by atoms with Crippen molar-refractivity contribution in [3.05, 3.63) is 105 Å². The van der Waals surface area contributed by atoms with Gasteiger partial charge in [0.2, 0.25) is 5.91 Å². The Morgan fingerprint density at radius 3 is 2.63 bits per heavy atom. The lowest BCUT2D eigenvalue weighted by Gasteiger charge is -2.21. The van der Waals surface area contributed by atoms with E-state index in [0.29, 0.717) is 16.5 Å². The van der Waals surface area contributed by atoms with Crippen molar-refractivity contribution in [2.45, 2.75) is 18.9 Å². The topological polar surface area (TPSA) is 49.4 Å². The van der Waals surface area contributed by atoms with Crippen LogP contribution in [0.3, 0.4) is 0 Å². The lowest BCUT2D eigenvalue weighted by Crippen LogP contribution is -2.46. The van der Waals surface area contributed by atoms with Crippen LogP contribution in [0.15, 0.2) is 78.2 Å². The van der Waals surface area contributed by atoms with E-state index in [0.717, 1.165) is 33.3 Å². The number of benzene rings is 3. The number of thiophene rings is 1. The van der Waals surface area contributed by atoms with E-state index in [1.54, 1.807) is 35.4 Å². The fourth-order valence-electron chi connectivity index (χ4n) is 4.39. The highest BCUT2D eigenvalue weighted by Gasteiger charge is 2.30. The number of nitrogens with one attached hydrogen (secondary N) is 1. The molecule has 3 aromatic carbocycles. The number of rotatable bonds is 5. The van der Waals surface area contributed by atoms with Crippen LogP contribution in [0.4, 0.5) is 5.69 Å². The predicted octanol–water partition coefficient (Wildman–Crippen LogP) is 6.73. The van der Waals surface area contributed by atoms with Gasteiger partial charge in [-0.05, 0) is 53.3 Å². The molecule has 4 nitrogen and oxygen atoms in total. The van der Waals surface area contributed by atoms with E-state index in [1.165, 1.54) is 4.70 Å². The molecule has 1 atom stereocenters. The maximum atomic E-state index is 13.4. The molecule has 1 aliphatic rings. The summed E-state index contributed by atoms with van der Waals surface area (Å²) in [5.74, 6) is -0.413. The van der Waals surface area contributed by atoms with Gasteiger partial charge in [0.15, 0.2) is 0 Å². The third-order valence-corrected chi connectivity index (χ3v) is 7.76. The number of hydrogen-bond donors (Lipinski definition) is 1. The van der Waals surface area contributed by atoms with E-state index >= 15 is 0 Å². The van der Waals surface area contributed by atoms with Crippen molar-refractivity contribution >= 4 is 67.7 Å². The van der Waals surface area contributed by atoms with Gasteiger partial charge in [-0.1, -0.05) is 65.7 Å². The fraction of sp³-hybridized carbons (Fsp3) is 0.143. The summed E-state index contributed by atoms with van der Waals surface area (Å²) in [7, 11) is 1.75. The first-order valence-electron chi connectivity index (χ1n) is 11.2. The molecular formula is C28H22Cl2N2O2S. The van der Waals surface area contributed by atoms with Crippen LogP contribution in [0, 0.1) is 0 Å². The molecule has 1 aliphatic heterocycles. The summed E-state index contributed by atoms with van der Waals surface area (Å²) >= 11 is 13.9. The van der Waals surface area contributed by atoms with Crippen LogP contribution in [0.25, 0.3) is 15.7 Å². The quantitative estimate of drug-likeness (QED) is 0.317. The highest BCUT2D eigenvalue weighted by molar-refractivity contribution is 7.17. The smallest absolute Gasteiger partial charge is 0.253 e. The SMILES string of the molecule is CN1C(=O)C(NC(=O)CCc2ccc(Cl)cc2Cl)C=C(c2csc3ccccc23)c2ccccc21. The summed E-state index contributed by atoms with van der Waals surface area (Å²) in [5, 5.41) is 7.26. The number of nitrogens with zero attached hydrogens (tertiary/aromatic N) is 1. The number of hydrogen-bond acceptors (Lipinski definition) is 3. The number of fused-ring (bicyclic) bond motifs is 2. The molecule has 0 radical (unpaired) electrons. The molecule has 2 heterocycles. The van der Waals surface area contributed by atoms with Crippen LogP contribution >= 0.6 is 34.5 Å². The molecular weight excluding hydrogens is 499 g/mol. The van der Waals surface area contributed by atoms with Crippen molar-refractivity contribution in [2.75, 3.05) is 11.9 Å². The second-order valence-corrected chi connectivity index (χ2v) is 10.2. The van der Waals surface area contributed by atoms with Crippen LogP contribution in [-0.2, 0) is 16.0 Å². The zero-order chi connectivity index (χ0) is 24.5. The molecule has 0 saturated heterocycles. The van der Waals surface area contributed by atoms with Gasteiger partial charge in [0.25, 0.3) is 5.91 Å². The number of likely N-dealkylation sites (N-methyl/N-ethyl adjacent to an activating group) is 1. The molecule has 4 aromatic rings. The summed E-state index contributed by atoms with van der Waals surface area (Å²) in [6.45, 7) is 0. The third kappa shape index (κ3) is 4.72. The van der Waals surface area contributed by atoms with Crippen molar-refractivity contribution < 1.29 is 9.59 Å². The lowest BCUT2D eigenvalue weighted by molar-refractivity contribution is -0.126. The van der Waals surface area contributed by atoms with Gasteiger partial charge < -0.3 is 10.2 Å². The molecule has 0 fully saturated rings. The van der Waals surface area contributed by atoms with E-state index in [9.17, 15) is 9.59 Å². The maximum absolute atomic E-state index is 13.4. The second kappa shape index (κ2) is 9.86. The summed E-state index contributed by atoms with van der Waals surface area (Å²) in [6, 6.07) is 20.5. The minimum absolute atomic E-state index is 0.190. The van der Waals surface area contributed by atoms with Gasteiger partial charge in [0, 0.05) is 44.7 Å². The Kier molecular flexibility index (Phi) is 6.65. The van der Waals surface area contributed by atoms with Crippen molar-refractivity contribution in [1.82, 2.24) is 5.32 Å². The van der Waals surface area contributed by atoms with E-state index in [2.05, 4.69) is 22.8 Å². The van der Waals surface area contributed by atoms with Crippen molar-refractivity contribution in [3.8, 4) is 0 Å². The number of carbonyl (C=O) groups is 2. The lowest BCUT2D eigenvalue weighted by atomic mass is 9.95. The number of anilines is 1. The Labute approximate surface area is 217 Å². The summed E-state index contributed by atoms with van der Waals surface area (Å²) in [5.41, 5.74) is 4.58. The average molecular weight is 521 g/mol. The first-order chi connectivity index (χ1) is 16.9. The first-order valence-corrected chi connectivity index (χ1v) is 12.8. The Hall–Kier alpha value is -3.12. The predicted molar refractivity (Wildman–Crippen MR) is 145 cm³/mol. The fourth-order valence-corrected chi connectivity index (χ4v) is 5.86. The zero-order valence-corrected chi connectivity index (χ0v) is 21.3. The highest BCUT2D eigenvalue weighted by Crippen LogP contribution is 2.39. The Bertz CT molecular complexity index is 1480. The largest absolute Gasteiger partial charge is 0.341 e. The van der Waals surface area contributed by atoms with Gasteiger partial charge in [0.1, 0.15) is 6.04 Å². The van der Waals surface area contributed by atoms with Gasteiger partial charge >= 0.3 is 0 Å². The van der Waals surface area contributed by atoms with Crippen LogP contribution in [0.2, 0.25) is 10.0 Å². The van der Waals surface area contributed by atoms with Crippen LogP contribution in [-0.4, -0.2) is 24.9 Å². The Morgan fingerprint density at radius 1 is 1.03 bits per heavy atom. The van der Waals surface area contributed by atoms with Crippen molar-refractivity contribution in [3.63, 3.8) is 0 Å². The number of aryl methyl sites for hydroxylation is 1. The standard InChI is InChI=1S/C28H22Cl2N2O2S/c1-32-25-8-4-2-6-19(25)21(22-16-35-26-9-5-3-7-20(22)26)15-24(28(32)34)31-27(33)13-11-17-10-12-18(29)14-23(17)30/h2-10,12,14-16,24H,11,13H2,1H3,(H,31,33). The molecule has 35 heavy (non-hydrogen) atoms. The summed E-state index contributed by atoms with van der Waals surface area (Å²) in [6.07, 6.45) is 2.53. The van der Waals surface area contributed by atoms with Gasteiger partial charge in [0.05, 0.1) is 5.69 Å². The molecule has 0 spiro atoms. The highest BCUT2D eigenvalue weighted by atomic mass is 35.5. The van der Waals surface area contributed by atoms with E-state index in [4.69, 9.17) is 23.2 Å². The van der Waals surface area contributed by atoms with Crippen LogP contribution in [0.5, 0.6) is 0 Å². The molecule has 1 aromatic heterocycles. The number of carbonyl (C=O) groups excluding carboxylic acids is 2. The van der Waals surface area contributed by atoms with Gasteiger partial charge in [-0.15, -0.1) is 11.3 Å². The van der Waals surface area contributed by atoms with E-state index in [1.807, 2.05) is 48.5 Å². The van der Waals surface area contributed by atoms with Crippen molar-refractivity contribution in [2.24, 2.45) is 0 Å². The molecule has 2 amide bonds. The average Bonchev–Trinajstić information content (AvgIpc) is 3.25. The minimum Gasteiger partial charge on any atom is -0.341 e. The molecule has 1 unspecified atom stereocenters. The molecule has 0 bridgehead atoms. The number of amides is 2. The third-order valence-electron chi connectivity index (χ3n) is 6.21. The van der Waals surface area contributed by atoms with E-state index in [-0.39, 0.29) is 18.2 Å². The van der Waals surface area contributed by atoms with Gasteiger partial charge in [-0.2, -0.15) is 0 Å². The molecule has 176 valence electrons. The van der Waals surface area contributed by atoms with Crippen LogP contribution < -0.4 is 10.2 Å². The monoisotopic (exact) mass is 520 g/mol. The molecule has 0 saturated carbocycles. The van der Waals surface area contributed by atoms with Gasteiger partial charge in [-0.25, -0.2) is 0 Å². The second-order valence-electron chi connectivity index (χ2n) is 8.42. The van der Waals surface area contributed by atoms with Crippen molar-refractivity contribution in [1.29, 1.82) is 0 Å².